The maximum Gasteiger partial charge on any atom is 0.182 e. The van der Waals surface area contributed by atoms with E-state index in [2.05, 4.69) is 0 Å². The topological polar surface area (TPSA) is 29.3 Å². The Kier molecular flexibility index (Phi) is 3.05. The lowest BCUT2D eigenvalue weighted by Gasteiger charge is -2.32. The molecule has 0 atom stereocenters. The van der Waals surface area contributed by atoms with Crippen LogP contribution < -0.4 is 10.6 Å². The summed E-state index contributed by atoms with van der Waals surface area (Å²) in [5.74, 6) is -2.90. The molecule has 1 aromatic carbocycles. The number of nitrogens with zero attached hydrogens (tertiary/aromatic N) is 1. The third-order valence-corrected chi connectivity index (χ3v) is 2.85. The summed E-state index contributed by atoms with van der Waals surface area (Å²) >= 11 is 0. The second kappa shape index (κ2) is 4.33. The number of rotatable bonds is 1. The van der Waals surface area contributed by atoms with E-state index in [9.17, 15) is 13.2 Å². The first-order chi connectivity index (χ1) is 7.58. The zero-order valence-corrected chi connectivity index (χ0v) is 8.72. The van der Waals surface area contributed by atoms with Gasteiger partial charge < -0.3 is 10.6 Å². The molecule has 1 aromatic rings. The number of nitrogens with two attached hydrogens (primary N) is 1. The molecular weight excluding hydrogens is 217 g/mol. The molecule has 1 saturated heterocycles. The quantitative estimate of drug-likeness (QED) is 0.748. The van der Waals surface area contributed by atoms with Gasteiger partial charge in [0.1, 0.15) is 5.82 Å². The van der Waals surface area contributed by atoms with Gasteiger partial charge in [-0.15, -0.1) is 0 Å². The zero-order valence-electron chi connectivity index (χ0n) is 8.72. The second-order valence-electron chi connectivity index (χ2n) is 4.05. The molecule has 0 amide bonds. The molecule has 0 aromatic heterocycles. The van der Waals surface area contributed by atoms with Crippen molar-refractivity contribution in [3.8, 4) is 0 Å². The molecule has 1 aliphatic heterocycles. The van der Waals surface area contributed by atoms with Crippen LogP contribution in [0.5, 0.6) is 0 Å². The van der Waals surface area contributed by atoms with Crippen LogP contribution in [0.15, 0.2) is 12.1 Å². The monoisotopic (exact) mass is 230 g/mol. The van der Waals surface area contributed by atoms with E-state index in [1.807, 2.05) is 0 Å². The van der Waals surface area contributed by atoms with Crippen LogP contribution in [-0.4, -0.2) is 19.1 Å². The molecule has 0 saturated carbocycles. The summed E-state index contributed by atoms with van der Waals surface area (Å²) < 4.78 is 39.4. The van der Waals surface area contributed by atoms with Gasteiger partial charge in [0.05, 0.1) is 5.69 Å². The van der Waals surface area contributed by atoms with Gasteiger partial charge in [-0.25, -0.2) is 13.2 Å². The van der Waals surface area contributed by atoms with Crippen LogP contribution in [0.2, 0.25) is 0 Å². The van der Waals surface area contributed by atoms with E-state index in [0.717, 1.165) is 6.07 Å². The molecule has 1 aliphatic rings. The first-order valence-corrected chi connectivity index (χ1v) is 5.23. The summed E-state index contributed by atoms with van der Waals surface area (Å²) in [7, 11) is 0. The van der Waals surface area contributed by atoms with Crippen LogP contribution in [-0.2, 0) is 0 Å². The highest BCUT2D eigenvalue weighted by molar-refractivity contribution is 5.48. The minimum atomic E-state index is -1.15. The first-order valence-electron chi connectivity index (χ1n) is 5.23. The zero-order chi connectivity index (χ0) is 11.7. The molecule has 2 N–H and O–H groups in total. The largest absolute Gasteiger partial charge is 0.369 e. The molecule has 2 nitrogen and oxygen atoms in total. The van der Waals surface area contributed by atoms with Gasteiger partial charge in [0.15, 0.2) is 11.6 Å². The fraction of sp³-hybridized carbons (Fsp3) is 0.455. The molecule has 0 radical (unpaired) electrons. The van der Waals surface area contributed by atoms with Crippen LogP contribution in [0.25, 0.3) is 0 Å². The molecule has 1 fully saturated rings. The van der Waals surface area contributed by atoms with Crippen molar-refractivity contribution in [1.82, 2.24) is 0 Å². The van der Waals surface area contributed by atoms with Crippen LogP contribution in [0, 0.1) is 17.5 Å². The van der Waals surface area contributed by atoms with Crippen LogP contribution in [0.3, 0.4) is 0 Å². The van der Waals surface area contributed by atoms with Gasteiger partial charge in [-0.2, -0.15) is 0 Å². The van der Waals surface area contributed by atoms with Gasteiger partial charge in [-0.05, 0) is 12.8 Å². The van der Waals surface area contributed by atoms with Crippen LogP contribution in [0.1, 0.15) is 12.8 Å². The third-order valence-electron chi connectivity index (χ3n) is 2.85. The molecule has 0 spiro atoms. The Balaban J connectivity index is 2.26. The predicted octanol–water partition coefficient (Wildman–Crippen LogP) is 2.03. The highest BCUT2D eigenvalue weighted by Crippen LogP contribution is 2.25. The molecule has 16 heavy (non-hydrogen) atoms. The Hall–Kier alpha value is -1.23. The Morgan fingerprint density at radius 2 is 1.75 bits per heavy atom. The van der Waals surface area contributed by atoms with Gasteiger partial charge in [-0.3, -0.25) is 0 Å². The van der Waals surface area contributed by atoms with Crippen molar-refractivity contribution in [2.75, 3.05) is 18.0 Å². The normalized spacial score (nSPS) is 17.9. The van der Waals surface area contributed by atoms with Crippen molar-refractivity contribution in [1.29, 1.82) is 0 Å². The van der Waals surface area contributed by atoms with E-state index in [1.165, 1.54) is 0 Å². The van der Waals surface area contributed by atoms with E-state index >= 15 is 0 Å². The van der Waals surface area contributed by atoms with Crippen molar-refractivity contribution in [2.24, 2.45) is 5.73 Å². The Bertz CT molecular complexity index is 387. The smallest absolute Gasteiger partial charge is 0.182 e. The van der Waals surface area contributed by atoms with Crippen LogP contribution in [0.4, 0.5) is 18.9 Å². The van der Waals surface area contributed by atoms with Crippen molar-refractivity contribution >= 4 is 5.69 Å². The highest BCUT2D eigenvalue weighted by atomic mass is 19.2. The number of halogens is 3. The standard InChI is InChI=1S/C11H13F3N2/c12-7-5-9(13)11(14)10(6-7)16-3-1-8(15)2-4-16/h5-6,8H,1-4,15H2. The lowest BCUT2D eigenvalue weighted by Crippen LogP contribution is -2.40. The number of piperidine rings is 1. The van der Waals surface area contributed by atoms with Crippen LogP contribution >= 0.6 is 0 Å². The summed E-state index contributed by atoms with van der Waals surface area (Å²) in [6.45, 7) is 1.06. The number of anilines is 1. The maximum absolute atomic E-state index is 13.4. The molecule has 0 bridgehead atoms. The Morgan fingerprint density at radius 1 is 1.12 bits per heavy atom. The van der Waals surface area contributed by atoms with Gasteiger partial charge >= 0.3 is 0 Å². The van der Waals surface area contributed by atoms with E-state index in [4.69, 9.17) is 5.73 Å². The average Bonchev–Trinajstić information content (AvgIpc) is 2.25. The number of hydrogen-bond acceptors (Lipinski definition) is 2. The fourth-order valence-electron chi connectivity index (χ4n) is 1.91. The Labute approximate surface area is 91.8 Å². The molecule has 5 heteroatoms. The van der Waals surface area contributed by atoms with E-state index < -0.39 is 17.5 Å². The highest BCUT2D eigenvalue weighted by Gasteiger charge is 2.21. The molecule has 88 valence electrons. The molecule has 1 heterocycles. The van der Waals surface area contributed by atoms with Crippen molar-refractivity contribution < 1.29 is 13.2 Å². The number of hydrogen-bond donors (Lipinski definition) is 1. The van der Waals surface area contributed by atoms with Gasteiger partial charge in [0, 0.05) is 31.3 Å². The Morgan fingerprint density at radius 3 is 2.38 bits per heavy atom. The third kappa shape index (κ3) is 2.14. The van der Waals surface area contributed by atoms with Crippen molar-refractivity contribution in [3.05, 3.63) is 29.6 Å². The fourth-order valence-corrected chi connectivity index (χ4v) is 1.91. The number of benzene rings is 1. The maximum atomic E-state index is 13.4. The average molecular weight is 230 g/mol. The lowest BCUT2D eigenvalue weighted by atomic mass is 10.1. The molecular formula is C11H13F3N2. The van der Waals surface area contributed by atoms with Gasteiger partial charge in [0.2, 0.25) is 0 Å². The predicted molar refractivity (Wildman–Crippen MR) is 55.7 cm³/mol. The minimum Gasteiger partial charge on any atom is -0.369 e. The summed E-state index contributed by atoms with van der Waals surface area (Å²) in [4.78, 5) is 1.63. The van der Waals surface area contributed by atoms with Crippen molar-refractivity contribution in [2.45, 2.75) is 18.9 Å². The van der Waals surface area contributed by atoms with Gasteiger partial charge in [0.25, 0.3) is 0 Å². The summed E-state index contributed by atoms with van der Waals surface area (Å²) in [6.07, 6.45) is 1.41. The molecule has 0 aliphatic carbocycles. The van der Waals surface area contributed by atoms with E-state index in [-0.39, 0.29) is 11.7 Å². The summed E-state index contributed by atoms with van der Waals surface area (Å²) in [5.41, 5.74) is 5.69. The lowest BCUT2D eigenvalue weighted by molar-refractivity contribution is 0.469. The van der Waals surface area contributed by atoms with Gasteiger partial charge in [-0.1, -0.05) is 0 Å². The minimum absolute atomic E-state index is 0.00981. The molecule has 0 unspecified atom stereocenters. The SMILES string of the molecule is NC1CCN(c2cc(F)cc(F)c2F)CC1. The second-order valence-corrected chi connectivity index (χ2v) is 4.05. The summed E-state index contributed by atoms with van der Waals surface area (Å²) in [6, 6.07) is 1.67. The van der Waals surface area contributed by atoms with E-state index in [1.54, 1.807) is 4.90 Å². The van der Waals surface area contributed by atoms with E-state index in [0.29, 0.717) is 32.0 Å². The summed E-state index contributed by atoms with van der Waals surface area (Å²) in [5, 5.41) is 0. The molecule has 2 rings (SSSR count). The first kappa shape index (κ1) is 11.3. The van der Waals surface area contributed by atoms with Crippen molar-refractivity contribution in [3.63, 3.8) is 0 Å².